The van der Waals surface area contributed by atoms with Gasteiger partial charge in [-0.2, -0.15) is 0 Å². The molecule has 0 unspecified atom stereocenters. The first-order valence-electron chi connectivity index (χ1n) is 45.2. The van der Waals surface area contributed by atoms with E-state index in [1.54, 1.807) is 77.0 Å². The molecule has 0 heterocycles. The average molecular weight is 1820 g/mol. The maximum absolute atomic E-state index is 14.7. The van der Waals surface area contributed by atoms with Crippen LogP contribution in [0.1, 0.15) is 221 Å². The third-order valence-corrected chi connectivity index (χ3v) is 25.3. The molecular formula is C114H120F4O16. The summed E-state index contributed by atoms with van der Waals surface area (Å²) in [6, 6.07) is 67.1. The number of carboxylic acids is 2. The summed E-state index contributed by atoms with van der Waals surface area (Å²) in [6.45, 7) is 26.9. The number of ether oxygens (including phenoxy) is 10. The quantitative estimate of drug-likeness (QED) is 0.0346. The van der Waals surface area contributed by atoms with Gasteiger partial charge < -0.3 is 57.6 Å². The Kier molecular flexibility index (Phi) is 30.6. The van der Waals surface area contributed by atoms with Crippen molar-refractivity contribution in [1.29, 1.82) is 0 Å². The lowest BCUT2D eigenvalue weighted by Crippen LogP contribution is -2.21. The summed E-state index contributed by atoms with van der Waals surface area (Å²) in [7, 11) is 9.14. The molecule has 0 bridgehead atoms. The molecule has 4 atom stereocenters. The molecule has 700 valence electrons. The van der Waals surface area contributed by atoms with Crippen molar-refractivity contribution >= 4 is 23.9 Å². The van der Waals surface area contributed by atoms with Crippen LogP contribution in [-0.4, -0.2) is 76.7 Å². The van der Waals surface area contributed by atoms with Crippen LogP contribution in [0.25, 0.3) is 44.5 Å². The van der Waals surface area contributed by atoms with E-state index in [-0.39, 0.29) is 93.4 Å². The molecule has 12 aromatic rings. The predicted molar refractivity (Wildman–Crippen MR) is 515 cm³/mol. The number of hydrogen-bond donors (Lipinski definition) is 2. The van der Waals surface area contributed by atoms with Gasteiger partial charge in [0.1, 0.15) is 95.7 Å². The number of methoxy groups -OCH3 is 6. The van der Waals surface area contributed by atoms with Gasteiger partial charge in [-0.25, -0.2) is 17.6 Å². The monoisotopic (exact) mass is 1820 g/mol. The Bertz CT molecular complexity index is 5940. The maximum Gasteiger partial charge on any atom is 0.306 e. The topological polar surface area (TPSA) is 201 Å². The molecule has 0 radical (unpaired) electrons. The fraction of sp³-hybridized carbons (Fsp3) is 0.333. The SMILES string of the molecule is COC(=O)C[C@@H]1Cc2ccc(OCc3ccc(-c4cc(OC)ccc4F)c(C(C)(C)C)c3)cc21.COC(=O)C[C@H]1Cc2ccc(OCc3ccc(-c4cc(OC)ccc4F)c(C(C)(C)C)c3)cc21.COc1ccc(F)c(-c2ccc(COc3ccc4c(c3)[C@@H](CC(=O)O)C4)cc2C(C)(C)C)c1.COc1ccc(F)c(-c2ccc(COc3ccc4c(c3)[C@H](CC(=O)O)C4)cc2C(C)(C)C)c1. The van der Waals surface area contributed by atoms with E-state index in [0.717, 1.165) is 138 Å². The largest absolute Gasteiger partial charge is 0.497 e. The van der Waals surface area contributed by atoms with Crippen LogP contribution >= 0.6 is 0 Å². The Morgan fingerprint density at radius 3 is 0.672 bits per heavy atom. The summed E-state index contributed by atoms with van der Waals surface area (Å²) in [5, 5.41) is 18.2. The molecule has 134 heavy (non-hydrogen) atoms. The summed E-state index contributed by atoms with van der Waals surface area (Å²) in [5.74, 6) is 2.89. The van der Waals surface area contributed by atoms with E-state index >= 15 is 0 Å². The zero-order valence-electron chi connectivity index (χ0n) is 79.7. The van der Waals surface area contributed by atoms with Gasteiger partial charge >= 0.3 is 23.9 Å². The van der Waals surface area contributed by atoms with E-state index in [1.807, 2.05) is 109 Å². The van der Waals surface area contributed by atoms with E-state index in [4.69, 9.17) is 57.6 Å². The van der Waals surface area contributed by atoms with Gasteiger partial charge in [-0.15, -0.1) is 0 Å². The maximum atomic E-state index is 14.7. The van der Waals surface area contributed by atoms with Crippen LogP contribution < -0.4 is 37.9 Å². The highest BCUT2D eigenvalue weighted by Gasteiger charge is 2.35. The third-order valence-electron chi connectivity index (χ3n) is 25.3. The number of aliphatic carboxylic acids is 2. The lowest BCUT2D eigenvalue weighted by molar-refractivity contribution is -0.142. The van der Waals surface area contributed by atoms with Crippen molar-refractivity contribution in [2.24, 2.45) is 0 Å². The van der Waals surface area contributed by atoms with Crippen molar-refractivity contribution in [2.75, 3.05) is 42.7 Å². The molecule has 20 heteroatoms. The van der Waals surface area contributed by atoms with Gasteiger partial charge in [0.05, 0.1) is 68.3 Å². The highest BCUT2D eigenvalue weighted by Crippen LogP contribution is 2.48. The molecule has 0 saturated carbocycles. The van der Waals surface area contributed by atoms with E-state index in [9.17, 15) is 36.7 Å². The van der Waals surface area contributed by atoms with Gasteiger partial charge in [-0.3, -0.25) is 19.2 Å². The van der Waals surface area contributed by atoms with Gasteiger partial charge in [0.15, 0.2) is 0 Å². The fourth-order valence-electron chi connectivity index (χ4n) is 17.8. The molecule has 0 aliphatic heterocycles. The molecule has 4 aliphatic rings. The van der Waals surface area contributed by atoms with Crippen LogP contribution in [0.2, 0.25) is 0 Å². The first-order chi connectivity index (χ1) is 63.7. The zero-order chi connectivity index (χ0) is 96.4. The van der Waals surface area contributed by atoms with Gasteiger partial charge in [0, 0.05) is 22.3 Å². The molecule has 2 N–H and O–H groups in total. The number of rotatable bonds is 28. The molecule has 12 aromatic carbocycles. The number of fused-ring (bicyclic) bond motifs is 4. The molecular weight excluding hydrogens is 1700 g/mol. The molecule has 4 aliphatic carbocycles. The molecule has 0 spiro atoms. The van der Waals surface area contributed by atoms with Crippen molar-refractivity contribution < 1.29 is 94.3 Å². The third kappa shape index (κ3) is 23.8. The second kappa shape index (κ2) is 41.8. The normalized spacial score (nSPS) is 14.8. The number of benzene rings is 12. The van der Waals surface area contributed by atoms with Crippen molar-refractivity contribution in [3.05, 3.63) is 331 Å². The van der Waals surface area contributed by atoms with Gasteiger partial charge in [0.25, 0.3) is 0 Å². The molecule has 16 nitrogen and oxygen atoms in total. The van der Waals surface area contributed by atoms with Crippen LogP contribution in [0, 0.1) is 23.3 Å². The van der Waals surface area contributed by atoms with Crippen LogP contribution in [0.3, 0.4) is 0 Å². The smallest absolute Gasteiger partial charge is 0.306 e. The highest BCUT2D eigenvalue weighted by molar-refractivity contribution is 5.77. The van der Waals surface area contributed by atoms with Crippen molar-refractivity contribution in [2.45, 2.75) is 206 Å². The first kappa shape index (κ1) is 98.2. The number of hydrogen-bond acceptors (Lipinski definition) is 14. The molecule has 0 fully saturated rings. The number of carbonyl (C=O) groups excluding carboxylic acids is 2. The zero-order valence-corrected chi connectivity index (χ0v) is 79.7. The summed E-state index contributed by atoms with van der Waals surface area (Å²) >= 11 is 0. The summed E-state index contributed by atoms with van der Waals surface area (Å²) in [6.07, 6.45) is 4.47. The Morgan fingerprint density at radius 2 is 0.478 bits per heavy atom. The summed E-state index contributed by atoms with van der Waals surface area (Å²) < 4.78 is 114. The minimum absolute atomic E-state index is 0.0607. The molecule has 0 aromatic heterocycles. The molecule has 0 saturated heterocycles. The van der Waals surface area contributed by atoms with Gasteiger partial charge in [0.2, 0.25) is 0 Å². The van der Waals surface area contributed by atoms with Crippen molar-refractivity contribution in [3.8, 4) is 90.5 Å². The van der Waals surface area contributed by atoms with E-state index in [1.165, 1.54) is 60.7 Å². The van der Waals surface area contributed by atoms with E-state index in [0.29, 0.717) is 84.5 Å². The standard InChI is InChI=1S/2C29H31FO4.2C28H29FO4/c2*1-29(2,3)26-12-18(6-10-23(26)25-15-21(32-4)9-11-27(25)30)17-34-22-8-7-19-13-20(24(19)16-22)14-28(31)33-5;2*1-28(2,3)25-11-17(5-9-22(25)24-14-20(32-4)8-10-26(24)29)16-33-21-7-6-18-12-19(13-27(30)31)23(18)15-21/h2*6-12,15-16,20H,13-14,17H2,1-5H3;2*5-11,14-15,19H,12-13,16H2,1-4H3,(H,30,31)/t2*20-;2*19-/m1010/s1. The Balaban J connectivity index is 0.000000152. The number of esters is 2. The lowest BCUT2D eigenvalue weighted by Gasteiger charge is -2.30. The lowest BCUT2D eigenvalue weighted by atomic mass is 9.76. The predicted octanol–water partition coefficient (Wildman–Crippen LogP) is 26.1. The second-order valence-electron chi connectivity index (χ2n) is 38.9. The van der Waals surface area contributed by atoms with Crippen LogP contribution in [-0.2, 0) is 102 Å². The first-order valence-corrected chi connectivity index (χ1v) is 45.2. The molecule has 0 amide bonds. The van der Waals surface area contributed by atoms with Crippen LogP contribution in [0.5, 0.6) is 46.0 Å². The summed E-state index contributed by atoms with van der Waals surface area (Å²) in [5.41, 5.74) is 22.0. The summed E-state index contributed by atoms with van der Waals surface area (Å²) in [4.78, 5) is 45.4. The number of carbonyl (C=O) groups is 4. The van der Waals surface area contributed by atoms with Crippen molar-refractivity contribution in [1.82, 2.24) is 0 Å². The average Bonchev–Trinajstić information content (AvgIpc) is 0.784. The second-order valence-corrected chi connectivity index (χ2v) is 38.9. The van der Waals surface area contributed by atoms with E-state index in [2.05, 4.69) is 119 Å². The van der Waals surface area contributed by atoms with Gasteiger partial charge in [-0.1, -0.05) is 180 Å². The van der Waals surface area contributed by atoms with Crippen molar-refractivity contribution in [3.63, 3.8) is 0 Å². The van der Waals surface area contributed by atoms with Gasteiger partial charge in [-0.05, 0) is 304 Å². The van der Waals surface area contributed by atoms with E-state index < -0.39 is 11.9 Å². The Hall–Kier alpha value is -13.4. The Labute approximate surface area is 783 Å². The highest BCUT2D eigenvalue weighted by atomic mass is 19.1. The number of carboxylic acid groups (broad SMARTS) is 2. The fourth-order valence-corrected chi connectivity index (χ4v) is 17.8. The minimum Gasteiger partial charge on any atom is -0.497 e. The van der Waals surface area contributed by atoms with Crippen LogP contribution in [0.4, 0.5) is 17.6 Å². The van der Waals surface area contributed by atoms with Crippen LogP contribution in [0.15, 0.2) is 218 Å². The minimum atomic E-state index is -0.778. The molecule has 16 rings (SSSR count). The Morgan fingerprint density at radius 1 is 0.269 bits per heavy atom. The number of halogens is 4.